The Bertz CT molecular complexity index is 1070. The van der Waals surface area contributed by atoms with Crippen molar-refractivity contribution in [3.05, 3.63) is 93.8 Å². The van der Waals surface area contributed by atoms with E-state index in [0.717, 1.165) is 5.56 Å². The van der Waals surface area contributed by atoms with Gasteiger partial charge in [0.1, 0.15) is 11.9 Å². The number of nitro groups is 1. The van der Waals surface area contributed by atoms with E-state index in [9.17, 15) is 14.9 Å². The van der Waals surface area contributed by atoms with Crippen molar-refractivity contribution < 1.29 is 14.5 Å². The average molecular weight is 390 g/mol. The first-order chi connectivity index (χ1) is 14.1. The molecule has 1 aliphatic heterocycles. The van der Waals surface area contributed by atoms with E-state index < -0.39 is 11.1 Å². The van der Waals surface area contributed by atoms with Crippen LogP contribution in [0.15, 0.2) is 66.9 Å². The number of pyridine rings is 1. The number of non-ortho nitro benzene ring substituents is 1. The lowest BCUT2D eigenvalue weighted by molar-refractivity contribution is -0.384. The number of hydrogen-bond acceptors (Lipinski definition) is 6. The third kappa shape index (κ3) is 3.47. The molecule has 1 atom stereocenters. The van der Waals surface area contributed by atoms with Gasteiger partial charge in [-0.25, -0.2) is 0 Å². The van der Waals surface area contributed by atoms with Crippen LogP contribution in [0.25, 0.3) is 0 Å². The molecule has 0 aliphatic carbocycles. The van der Waals surface area contributed by atoms with E-state index >= 15 is 0 Å². The molecule has 2 heterocycles. The molecule has 146 valence electrons. The average Bonchev–Trinajstić information content (AvgIpc) is 3.00. The Morgan fingerprint density at radius 2 is 1.97 bits per heavy atom. The number of rotatable bonds is 6. The van der Waals surface area contributed by atoms with E-state index in [4.69, 9.17) is 4.74 Å². The SMILES string of the molecule is COc1cc([N+](=O)[O-])ccc1N[C@@H]1c2ncccc2C(=O)N1Cc1ccccc1. The topological polar surface area (TPSA) is 97.6 Å². The number of carbonyl (C=O) groups excluding carboxylic acids is 1. The maximum absolute atomic E-state index is 13.0. The fourth-order valence-electron chi connectivity index (χ4n) is 3.39. The summed E-state index contributed by atoms with van der Waals surface area (Å²) < 4.78 is 5.32. The van der Waals surface area contributed by atoms with Crippen molar-refractivity contribution >= 4 is 17.3 Å². The zero-order valence-electron chi connectivity index (χ0n) is 15.6. The van der Waals surface area contributed by atoms with Crippen molar-refractivity contribution in [1.82, 2.24) is 9.88 Å². The summed E-state index contributed by atoms with van der Waals surface area (Å²) >= 11 is 0. The smallest absolute Gasteiger partial charge is 0.273 e. The molecule has 0 saturated carbocycles. The highest BCUT2D eigenvalue weighted by molar-refractivity contribution is 5.99. The third-order valence-electron chi connectivity index (χ3n) is 4.78. The number of ether oxygens (including phenoxy) is 1. The standard InChI is InChI=1S/C21H18N4O4/c1-29-18-12-15(25(27)28)9-10-17(18)23-20-19-16(8-5-11-22-19)21(26)24(20)13-14-6-3-2-4-7-14/h2-12,20,23H,13H2,1H3/t20-/m0/s1. The molecule has 0 bridgehead atoms. The summed E-state index contributed by atoms with van der Waals surface area (Å²) in [4.78, 5) is 29.7. The summed E-state index contributed by atoms with van der Waals surface area (Å²) in [6.07, 6.45) is 1.11. The maximum atomic E-state index is 13.0. The molecule has 29 heavy (non-hydrogen) atoms. The predicted octanol–water partition coefficient (Wildman–Crippen LogP) is 3.77. The Hall–Kier alpha value is -3.94. The third-order valence-corrected chi connectivity index (χ3v) is 4.78. The van der Waals surface area contributed by atoms with Gasteiger partial charge in [0.2, 0.25) is 0 Å². The second-order valence-electron chi connectivity index (χ2n) is 6.54. The molecule has 3 aromatic rings. The zero-order chi connectivity index (χ0) is 20.4. The number of carbonyl (C=O) groups is 1. The molecule has 2 aromatic carbocycles. The van der Waals surface area contributed by atoms with Gasteiger partial charge in [0.25, 0.3) is 11.6 Å². The minimum absolute atomic E-state index is 0.0745. The van der Waals surface area contributed by atoms with Gasteiger partial charge in [0.05, 0.1) is 35.0 Å². The molecule has 0 fully saturated rings. The number of fused-ring (bicyclic) bond motifs is 1. The Morgan fingerprint density at radius 1 is 1.17 bits per heavy atom. The number of methoxy groups -OCH3 is 1. The molecule has 1 amide bonds. The van der Waals surface area contributed by atoms with Gasteiger partial charge in [-0.3, -0.25) is 19.9 Å². The van der Waals surface area contributed by atoms with Gasteiger partial charge < -0.3 is 15.0 Å². The van der Waals surface area contributed by atoms with Crippen LogP contribution in [0.3, 0.4) is 0 Å². The lowest BCUT2D eigenvalue weighted by Crippen LogP contribution is -2.32. The molecule has 1 aliphatic rings. The van der Waals surface area contributed by atoms with Crippen LogP contribution in [0.4, 0.5) is 11.4 Å². The predicted molar refractivity (Wildman–Crippen MR) is 107 cm³/mol. The van der Waals surface area contributed by atoms with Gasteiger partial charge in [0, 0.05) is 18.8 Å². The van der Waals surface area contributed by atoms with Crippen molar-refractivity contribution in [2.24, 2.45) is 0 Å². The van der Waals surface area contributed by atoms with Crippen molar-refractivity contribution in [1.29, 1.82) is 0 Å². The molecule has 8 nitrogen and oxygen atoms in total. The summed E-state index contributed by atoms with van der Waals surface area (Å²) in [6.45, 7) is 0.392. The van der Waals surface area contributed by atoms with E-state index in [-0.39, 0.29) is 11.6 Å². The Kier molecular flexibility index (Phi) is 4.82. The quantitative estimate of drug-likeness (QED) is 0.508. The highest BCUT2D eigenvalue weighted by Crippen LogP contribution is 2.37. The summed E-state index contributed by atoms with van der Waals surface area (Å²) in [5.41, 5.74) is 2.58. The van der Waals surface area contributed by atoms with Crippen LogP contribution in [0.5, 0.6) is 5.75 Å². The largest absolute Gasteiger partial charge is 0.494 e. The van der Waals surface area contributed by atoms with Crippen LogP contribution in [0, 0.1) is 10.1 Å². The maximum Gasteiger partial charge on any atom is 0.273 e. The number of amides is 1. The number of anilines is 1. The first kappa shape index (κ1) is 18.4. The number of aromatic nitrogens is 1. The lowest BCUT2D eigenvalue weighted by Gasteiger charge is -2.27. The molecule has 1 N–H and O–H groups in total. The number of nitrogens with one attached hydrogen (secondary N) is 1. The fourth-order valence-corrected chi connectivity index (χ4v) is 3.39. The zero-order valence-corrected chi connectivity index (χ0v) is 15.6. The summed E-state index contributed by atoms with van der Waals surface area (Å²) in [6, 6.07) is 17.4. The molecule has 1 aromatic heterocycles. The second kappa shape index (κ2) is 7.59. The van der Waals surface area contributed by atoms with Crippen LogP contribution in [0.1, 0.15) is 27.8 Å². The van der Waals surface area contributed by atoms with Crippen LogP contribution < -0.4 is 10.1 Å². The van der Waals surface area contributed by atoms with Gasteiger partial charge in [-0.1, -0.05) is 30.3 Å². The molecule has 4 rings (SSSR count). The van der Waals surface area contributed by atoms with Crippen molar-refractivity contribution in [3.63, 3.8) is 0 Å². The first-order valence-corrected chi connectivity index (χ1v) is 8.97. The minimum atomic E-state index is -0.533. The normalized spacial score (nSPS) is 15.1. The van der Waals surface area contributed by atoms with E-state index in [1.54, 1.807) is 29.3 Å². The molecule has 0 unspecified atom stereocenters. The molecule has 0 saturated heterocycles. The van der Waals surface area contributed by atoms with Crippen molar-refractivity contribution in [3.8, 4) is 5.75 Å². The summed E-state index contributed by atoms with van der Waals surface area (Å²) in [5.74, 6) is 0.186. The molecule has 0 radical (unpaired) electrons. The van der Waals surface area contributed by atoms with Gasteiger partial charge in [-0.05, 0) is 23.8 Å². The van der Waals surface area contributed by atoms with Crippen LogP contribution in [-0.4, -0.2) is 27.8 Å². The van der Waals surface area contributed by atoms with E-state index in [1.807, 2.05) is 30.3 Å². The van der Waals surface area contributed by atoms with Crippen LogP contribution in [-0.2, 0) is 6.54 Å². The summed E-state index contributed by atoms with van der Waals surface area (Å²) in [5, 5.41) is 14.3. The lowest BCUT2D eigenvalue weighted by atomic mass is 10.2. The number of nitro benzene ring substituents is 1. The Balaban J connectivity index is 1.71. The summed E-state index contributed by atoms with van der Waals surface area (Å²) in [7, 11) is 1.44. The van der Waals surface area contributed by atoms with E-state index in [1.165, 1.54) is 19.2 Å². The number of nitrogens with zero attached hydrogens (tertiary/aromatic N) is 3. The van der Waals surface area contributed by atoms with Gasteiger partial charge in [0.15, 0.2) is 0 Å². The van der Waals surface area contributed by atoms with Crippen LogP contribution >= 0.6 is 0 Å². The molecule has 0 spiro atoms. The highest BCUT2D eigenvalue weighted by atomic mass is 16.6. The molecule has 8 heteroatoms. The number of hydrogen-bond donors (Lipinski definition) is 1. The second-order valence-corrected chi connectivity index (χ2v) is 6.54. The Labute approximate surface area is 166 Å². The number of benzene rings is 2. The fraction of sp³-hybridized carbons (Fsp3) is 0.143. The molecular formula is C21H18N4O4. The van der Waals surface area contributed by atoms with Gasteiger partial charge >= 0.3 is 0 Å². The first-order valence-electron chi connectivity index (χ1n) is 8.97. The monoisotopic (exact) mass is 390 g/mol. The van der Waals surface area contributed by atoms with Crippen LogP contribution in [0.2, 0.25) is 0 Å². The minimum Gasteiger partial charge on any atom is -0.494 e. The molecular weight excluding hydrogens is 372 g/mol. The van der Waals surface area contributed by atoms with E-state index in [2.05, 4.69) is 10.3 Å². The Morgan fingerprint density at radius 3 is 2.69 bits per heavy atom. The van der Waals surface area contributed by atoms with Crippen molar-refractivity contribution in [2.75, 3.05) is 12.4 Å². The van der Waals surface area contributed by atoms with E-state index in [0.29, 0.717) is 29.2 Å². The van der Waals surface area contributed by atoms with Gasteiger partial charge in [-0.2, -0.15) is 0 Å². The highest BCUT2D eigenvalue weighted by Gasteiger charge is 2.38. The van der Waals surface area contributed by atoms with Gasteiger partial charge in [-0.15, -0.1) is 0 Å². The van der Waals surface area contributed by atoms with Crippen molar-refractivity contribution in [2.45, 2.75) is 12.7 Å².